The van der Waals surface area contributed by atoms with Crippen molar-refractivity contribution in [2.24, 2.45) is 5.92 Å². The van der Waals surface area contributed by atoms with Crippen LogP contribution < -0.4 is 5.32 Å². The third-order valence-electron chi connectivity index (χ3n) is 6.07. The number of hydrogen-bond acceptors (Lipinski definition) is 6. The van der Waals surface area contributed by atoms with Crippen LogP contribution in [0.1, 0.15) is 13.8 Å². The number of rotatable bonds is 5. The number of aromatic amines is 2. The van der Waals surface area contributed by atoms with E-state index in [0.29, 0.717) is 44.9 Å². The molecule has 0 bridgehead atoms. The average Bonchev–Trinajstić information content (AvgIpc) is 3.53. The number of anilines is 1. The van der Waals surface area contributed by atoms with Gasteiger partial charge in [0.25, 0.3) is 0 Å². The lowest BCUT2D eigenvalue weighted by Crippen LogP contribution is -2.17. The highest BCUT2D eigenvalue weighted by Crippen LogP contribution is 2.34. The Hall–Kier alpha value is -5.06. The van der Waals surface area contributed by atoms with Crippen molar-refractivity contribution in [3.05, 3.63) is 72.8 Å². The molecule has 0 aliphatic carbocycles. The molecule has 0 unspecified atom stereocenters. The zero-order chi connectivity index (χ0) is 26.4. The van der Waals surface area contributed by atoms with Crippen LogP contribution in [0.4, 0.5) is 14.5 Å². The van der Waals surface area contributed by atoms with Crippen LogP contribution in [0, 0.1) is 17.6 Å². The van der Waals surface area contributed by atoms with Gasteiger partial charge in [-0.05, 0) is 24.3 Å². The molecule has 0 fully saturated rings. The average molecular weight is 511 g/mol. The minimum atomic E-state index is -0.621. The molecule has 0 saturated carbocycles. The van der Waals surface area contributed by atoms with Crippen molar-refractivity contribution in [1.29, 1.82) is 0 Å². The van der Waals surface area contributed by atoms with Gasteiger partial charge in [0.2, 0.25) is 5.91 Å². The Morgan fingerprint density at radius 3 is 2.63 bits per heavy atom. The number of carbonyl (C=O) groups is 1. The maximum Gasteiger partial charge on any atom is 0.226 e. The first-order valence-corrected chi connectivity index (χ1v) is 11.8. The van der Waals surface area contributed by atoms with E-state index in [2.05, 4.69) is 40.4 Å². The summed E-state index contributed by atoms with van der Waals surface area (Å²) >= 11 is 0. The lowest BCUT2D eigenvalue weighted by molar-refractivity contribution is -0.118. The highest BCUT2D eigenvalue weighted by atomic mass is 19.1. The maximum atomic E-state index is 16.0. The number of halogens is 2. The van der Waals surface area contributed by atoms with Crippen molar-refractivity contribution in [2.75, 3.05) is 5.32 Å². The quantitative estimate of drug-likeness (QED) is 0.281. The van der Waals surface area contributed by atoms with Crippen molar-refractivity contribution in [3.63, 3.8) is 0 Å². The molecule has 11 heteroatoms. The Morgan fingerprint density at radius 1 is 0.947 bits per heavy atom. The van der Waals surface area contributed by atoms with Gasteiger partial charge in [0, 0.05) is 29.4 Å². The van der Waals surface area contributed by atoms with Gasteiger partial charge in [-0.3, -0.25) is 24.8 Å². The molecule has 5 heterocycles. The van der Waals surface area contributed by atoms with E-state index in [0.717, 1.165) is 0 Å². The molecule has 0 radical (unpaired) electrons. The fraction of sp³-hybridized carbons (Fsp3) is 0.111. The second kappa shape index (κ2) is 9.11. The van der Waals surface area contributed by atoms with Crippen molar-refractivity contribution in [2.45, 2.75) is 13.8 Å². The summed E-state index contributed by atoms with van der Waals surface area (Å²) in [6, 6.07) is 9.42. The molecule has 38 heavy (non-hydrogen) atoms. The van der Waals surface area contributed by atoms with E-state index in [1.165, 1.54) is 30.7 Å². The Balaban J connectivity index is 1.45. The van der Waals surface area contributed by atoms with Crippen molar-refractivity contribution in [1.82, 2.24) is 35.1 Å². The fourth-order valence-corrected chi connectivity index (χ4v) is 4.17. The third kappa shape index (κ3) is 4.03. The van der Waals surface area contributed by atoms with Crippen LogP contribution in [0.15, 0.2) is 61.2 Å². The molecular formula is C27H20F2N8O. The van der Waals surface area contributed by atoms with Crippen LogP contribution in [0.3, 0.4) is 0 Å². The standard InChI is InChI=1S/C27H20F2N8O/c1-13(2)27(38)33-17-9-15(10-30-11-17)22-21(29)20-19(12-32-22)36-37-25(20)26-34-18-6-7-31-23(24(18)35-26)14-4-3-5-16(28)8-14/h3-13H,1-2H3,(H,33,38)(H,34,35)(H,36,37). The zero-order valence-corrected chi connectivity index (χ0v) is 20.3. The number of fused-ring (bicyclic) bond motifs is 2. The van der Waals surface area contributed by atoms with E-state index in [4.69, 9.17) is 0 Å². The summed E-state index contributed by atoms with van der Waals surface area (Å²) in [4.78, 5) is 32.7. The topological polar surface area (TPSA) is 125 Å². The van der Waals surface area contributed by atoms with Crippen molar-refractivity contribution >= 4 is 33.5 Å². The highest BCUT2D eigenvalue weighted by molar-refractivity contribution is 5.97. The van der Waals surface area contributed by atoms with E-state index >= 15 is 4.39 Å². The van der Waals surface area contributed by atoms with E-state index in [1.54, 1.807) is 44.3 Å². The molecule has 1 aromatic carbocycles. The largest absolute Gasteiger partial charge is 0.336 e. The Morgan fingerprint density at radius 2 is 1.82 bits per heavy atom. The van der Waals surface area contributed by atoms with Crippen LogP contribution in [0.25, 0.3) is 56.0 Å². The molecule has 9 nitrogen and oxygen atoms in total. The molecule has 3 N–H and O–H groups in total. The molecule has 188 valence electrons. The van der Waals surface area contributed by atoms with Gasteiger partial charge < -0.3 is 10.3 Å². The summed E-state index contributed by atoms with van der Waals surface area (Å²) in [6.45, 7) is 3.55. The predicted octanol–water partition coefficient (Wildman–Crippen LogP) is 5.50. The number of nitrogens with zero attached hydrogens (tertiary/aromatic N) is 5. The van der Waals surface area contributed by atoms with Gasteiger partial charge in [-0.25, -0.2) is 13.8 Å². The lowest BCUT2D eigenvalue weighted by atomic mass is 10.1. The molecular weight excluding hydrogens is 490 g/mol. The lowest BCUT2D eigenvalue weighted by Gasteiger charge is -2.09. The number of nitrogens with one attached hydrogen (secondary N) is 3. The van der Waals surface area contributed by atoms with Crippen LogP contribution >= 0.6 is 0 Å². The predicted molar refractivity (Wildman–Crippen MR) is 139 cm³/mol. The number of imidazole rings is 1. The van der Waals surface area contributed by atoms with E-state index in [-0.39, 0.29) is 34.4 Å². The highest BCUT2D eigenvalue weighted by Gasteiger charge is 2.22. The zero-order valence-electron chi connectivity index (χ0n) is 20.3. The number of H-pyrrole nitrogens is 2. The van der Waals surface area contributed by atoms with Gasteiger partial charge in [-0.1, -0.05) is 26.0 Å². The number of amides is 1. The number of pyridine rings is 3. The summed E-state index contributed by atoms with van der Waals surface area (Å²) < 4.78 is 29.8. The monoisotopic (exact) mass is 510 g/mol. The summed E-state index contributed by atoms with van der Waals surface area (Å²) in [6.07, 6.45) is 6.03. The van der Waals surface area contributed by atoms with Gasteiger partial charge in [-0.2, -0.15) is 5.10 Å². The van der Waals surface area contributed by atoms with Gasteiger partial charge in [0.1, 0.15) is 22.7 Å². The van der Waals surface area contributed by atoms with E-state index in [1.807, 2.05) is 0 Å². The second-order valence-electron chi connectivity index (χ2n) is 9.04. The molecule has 0 saturated heterocycles. The molecule has 0 aliphatic heterocycles. The number of carbonyl (C=O) groups excluding carboxylic acids is 1. The summed E-state index contributed by atoms with van der Waals surface area (Å²) in [7, 11) is 0. The number of hydrogen-bond donors (Lipinski definition) is 3. The van der Waals surface area contributed by atoms with Crippen LogP contribution in [-0.2, 0) is 4.79 Å². The molecule has 5 aromatic heterocycles. The molecule has 1 amide bonds. The number of aromatic nitrogens is 7. The van der Waals surface area contributed by atoms with Gasteiger partial charge in [0.15, 0.2) is 11.6 Å². The SMILES string of the molecule is CC(C)C(=O)Nc1cncc(-c2ncc3[nH]nc(-c4nc5c(-c6cccc(F)c6)nccc5[nH]4)c3c2F)c1. The Labute approximate surface area is 214 Å². The summed E-state index contributed by atoms with van der Waals surface area (Å²) in [5.74, 6) is -1.10. The van der Waals surface area contributed by atoms with Crippen LogP contribution in [-0.4, -0.2) is 41.0 Å². The second-order valence-corrected chi connectivity index (χ2v) is 9.04. The molecule has 0 atom stereocenters. The van der Waals surface area contributed by atoms with Crippen LogP contribution in [0.2, 0.25) is 0 Å². The first-order chi connectivity index (χ1) is 18.4. The minimum Gasteiger partial charge on any atom is -0.336 e. The summed E-state index contributed by atoms with van der Waals surface area (Å²) in [5.41, 5.74) is 3.68. The third-order valence-corrected chi connectivity index (χ3v) is 6.07. The van der Waals surface area contributed by atoms with Gasteiger partial charge in [0.05, 0.1) is 40.2 Å². The van der Waals surface area contributed by atoms with Crippen LogP contribution in [0.5, 0.6) is 0 Å². The minimum absolute atomic E-state index is 0.0477. The fourth-order valence-electron chi connectivity index (χ4n) is 4.17. The number of benzene rings is 1. The Kier molecular flexibility index (Phi) is 5.60. The van der Waals surface area contributed by atoms with Gasteiger partial charge >= 0.3 is 0 Å². The first-order valence-electron chi connectivity index (χ1n) is 11.8. The van der Waals surface area contributed by atoms with Crippen molar-refractivity contribution < 1.29 is 13.6 Å². The summed E-state index contributed by atoms with van der Waals surface area (Å²) in [5, 5.41) is 10.1. The van der Waals surface area contributed by atoms with Gasteiger partial charge in [-0.15, -0.1) is 0 Å². The Bertz CT molecular complexity index is 1840. The maximum absolute atomic E-state index is 16.0. The molecule has 6 rings (SSSR count). The normalized spacial score (nSPS) is 11.5. The molecule has 0 aliphatic rings. The van der Waals surface area contributed by atoms with E-state index in [9.17, 15) is 9.18 Å². The molecule has 6 aromatic rings. The molecule has 0 spiro atoms. The van der Waals surface area contributed by atoms with E-state index < -0.39 is 5.82 Å². The first kappa shape index (κ1) is 23.3. The smallest absolute Gasteiger partial charge is 0.226 e. The van der Waals surface area contributed by atoms with Crippen molar-refractivity contribution in [3.8, 4) is 34.0 Å².